The van der Waals surface area contributed by atoms with Crippen LogP contribution in [0.25, 0.3) is 0 Å². The van der Waals surface area contributed by atoms with Crippen LogP contribution >= 0.6 is 0 Å². The Morgan fingerprint density at radius 2 is 1.37 bits per heavy atom. The zero-order chi connectivity index (χ0) is 19.6. The van der Waals surface area contributed by atoms with Crippen molar-refractivity contribution in [2.24, 2.45) is 5.73 Å². The van der Waals surface area contributed by atoms with Gasteiger partial charge >= 0.3 is 6.03 Å². The second kappa shape index (κ2) is 10.3. The van der Waals surface area contributed by atoms with Crippen LogP contribution in [-0.2, 0) is 4.79 Å². The first kappa shape index (κ1) is 20.5. The number of benzene rings is 2. The molecular weight excluding hydrogens is 340 g/mol. The molecule has 0 fully saturated rings. The maximum atomic E-state index is 12.6. The molecule has 2 aromatic rings. The number of carbonyl (C=O) groups excluding carboxylic acids is 2. The molecule has 3 amide bonds. The van der Waals surface area contributed by atoms with Crippen LogP contribution in [0.4, 0.5) is 16.2 Å². The van der Waals surface area contributed by atoms with E-state index in [-0.39, 0.29) is 5.91 Å². The summed E-state index contributed by atoms with van der Waals surface area (Å²) in [6, 6.07) is 14.0. The minimum atomic E-state index is -0.636. The molecule has 0 bridgehead atoms. The van der Waals surface area contributed by atoms with Crippen molar-refractivity contribution < 1.29 is 9.59 Å². The highest BCUT2D eigenvalue weighted by molar-refractivity contribution is 5.99. The largest absolute Gasteiger partial charge is 0.330 e. The number of nitrogens with two attached hydrogens (primary N) is 1. The Balaban J connectivity index is 1.98. The van der Waals surface area contributed by atoms with E-state index in [0.29, 0.717) is 24.3 Å². The molecule has 6 nitrogen and oxygen atoms in total. The number of aryl methyl sites for hydroxylation is 2. The quantitative estimate of drug-likeness (QED) is 0.536. The average molecular weight is 368 g/mol. The Hall–Kier alpha value is -2.86. The molecule has 0 heterocycles. The Kier molecular flexibility index (Phi) is 7.82. The first-order chi connectivity index (χ1) is 13.0. The lowest BCUT2D eigenvalue weighted by Crippen LogP contribution is -2.45. The summed E-state index contributed by atoms with van der Waals surface area (Å²) in [5.41, 5.74) is 9.15. The van der Waals surface area contributed by atoms with Gasteiger partial charge < -0.3 is 21.7 Å². The Bertz CT molecular complexity index is 742. The Morgan fingerprint density at radius 1 is 0.852 bits per heavy atom. The van der Waals surface area contributed by atoms with Gasteiger partial charge in [-0.25, -0.2) is 4.79 Å². The number of nitrogens with one attached hydrogen (secondary N) is 3. The third-order valence-electron chi connectivity index (χ3n) is 4.20. The zero-order valence-corrected chi connectivity index (χ0v) is 15.9. The fourth-order valence-electron chi connectivity index (χ4n) is 2.59. The van der Waals surface area contributed by atoms with E-state index >= 15 is 0 Å². The lowest BCUT2D eigenvalue weighted by molar-refractivity contribution is -0.118. The number of carbonyl (C=O) groups is 2. The van der Waals surface area contributed by atoms with Crippen LogP contribution in [0.5, 0.6) is 0 Å². The molecule has 0 saturated heterocycles. The second-order valence-electron chi connectivity index (χ2n) is 6.66. The van der Waals surface area contributed by atoms with Gasteiger partial charge in [-0.2, -0.15) is 0 Å². The highest BCUT2D eigenvalue weighted by Crippen LogP contribution is 2.12. The first-order valence-corrected chi connectivity index (χ1v) is 9.19. The van der Waals surface area contributed by atoms with Gasteiger partial charge in [0.1, 0.15) is 6.04 Å². The van der Waals surface area contributed by atoms with Gasteiger partial charge in [0.2, 0.25) is 5.91 Å². The third-order valence-corrected chi connectivity index (χ3v) is 4.20. The molecule has 0 aliphatic rings. The molecule has 0 radical (unpaired) electrons. The van der Waals surface area contributed by atoms with E-state index < -0.39 is 12.1 Å². The van der Waals surface area contributed by atoms with E-state index in [1.54, 1.807) is 0 Å². The van der Waals surface area contributed by atoms with Gasteiger partial charge in [-0.15, -0.1) is 0 Å². The highest BCUT2D eigenvalue weighted by atomic mass is 16.2. The number of amides is 3. The number of unbranched alkanes of at least 4 members (excludes halogenated alkanes) is 1. The van der Waals surface area contributed by atoms with Crippen molar-refractivity contribution in [1.29, 1.82) is 0 Å². The number of rotatable bonds is 8. The van der Waals surface area contributed by atoms with E-state index in [4.69, 9.17) is 5.73 Å². The summed E-state index contributed by atoms with van der Waals surface area (Å²) in [7, 11) is 0. The molecule has 5 N–H and O–H groups in total. The predicted molar refractivity (Wildman–Crippen MR) is 110 cm³/mol. The predicted octanol–water partition coefficient (Wildman–Crippen LogP) is 3.56. The maximum Gasteiger partial charge on any atom is 0.319 e. The fraction of sp³-hybridized carbons (Fsp3) is 0.333. The van der Waals surface area contributed by atoms with Crippen molar-refractivity contribution in [2.75, 3.05) is 17.2 Å². The fourth-order valence-corrected chi connectivity index (χ4v) is 2.59. The van der Waals surface area contributed by atoms with Crippen LogP contribution in [0.2, 0.25) is 0 Å². The summed E-state index contributed by atoms with van der Waals surface area (Å²) in [5, 5.41) is 8.39. The topological polar surface area (TPSA) is 96.2 Å². The summed E-state index contributed by atoms with van der Waals surface area (Å²) in [4.78, 5) is 25.0. The van der Waals surface area contributed by atoms with Gasteiger partial charge in [-0.3, -0.25) is 4.79 Å². The van der Waals surface area contributed by atoms with Crippen molar-refractivity contribution >= 4 is 23.3 Å². The monoisotopic (exact) mass is 368 g/mol. The van der Waals surface area contributed by atoms with Crippen molar-refractivity contribution in [3.63, 3.8) is 0 Å². The summed E-state index contributed by atoms with van der Waals surface area (Å²) in [5.74, 6) is -0.241. The van der Waals surface area contributed by atoms with Crippen LogP contribution < -0.4 is 21.7 Å². The second-order valence-corrected chi connectivity index (χ2v) is 6.66. The van der Waals surface area contributed by atoms with E-state index in [9.17, 15) is 9.59 Å². The minimum Gasteiger partial charge on any atom is -0.330 e. The summed E-state index contributed by atoms with van der Waals surface area (Å²) in [6.07, 6.45) is 2.08. The summed E-state index contributed by atoms with van der Waals surface area (Å²) in [6.45, 7) is 4.52. The van der Waals surface area contributed by atoms with Crippen molar-refractivity contribution in [1.82, 2.24) is 5.32 Å². The third kappa shape index (κ3) is 7.11. The Labute approximate surface area is 160 Å². The average Bonchev–Trinajstić information content (AvgIpc) is 2.65. The van der Waals surface area contributed by atoms with Crippen molar-refractivity contribution in [3.8, 4) is 0 Å². The van der Waals surface area contributed by atoms with Crippen molar-refractivity contribution in [3.05, 3.63) is 59.7 Å². The molecule has 0 aromatic heterocycles. The standard InChI is InChI=1S/C21H28N4O2/c1-15-6-10-17(11-7-15)23-20(26)19(5-3-4-14-22)25-21(27)24-18-12-8-16(2)9-13-18/h6-13,19H,3-5,14,22H2,1-2H3,(H,23,26)(H2,24,25,27)/t19-/m0/s1. The number of hydrogen-bond donors (Lipinski definition) is 4. The molecule has 0 saturated carbocycles. The molecule has 0 spiro atoms. The lowest BCUT2D eigenvalue weighted by atomic mass is 10.1. The molecule has 0 unspecified atom stereocenters. The molecule has 0 aliphatic carbocycles. The maximum absolute atomic E-state index is 12.6. The van der Waals surface area contributed by atoms with Gasteiger partial charge in [0, 0.05) is 11.4 Å². The molecular formula is C21H28N4O2. The SMILES string of the molecule is Cc1ccc(NC(=O)N[C@@H](CCCCN)C(=O)Nc2ccc(C)cc2)cc1. The van der Waals surface area contributed by atoms with E-state index in [1.165, 1.54) is 0 Å². The molecule has 1 atom stereocenters. The lowest BCUT2D eigenvalue weighted by Gasteiger charge is -2.19. The van der Waals surface area contributed by atoms with Gasteiger partial charge in [0.05, 0.1) is 0 Å². The van der Waals surface area contributed by atoms with Gasteiger partial charge in [-0.1, -0.05) is 35.4 Å². The molecule has 2 rings (SSSR count). The number of anilines is 2. The summed E-state index contributed by atoms with van der Waals surface area (Å²) < 4.78 is 0. The van der Waals surface area contributed by atoms with Gasteiger partial charge in [0.25, 0.3) is 0 Å². The van der Waals surface area contributed by atoms with Crippen LogP contribution in [0, 0.1) is 13.8 Å². The van der Waals surface area contributed by atoms with E-state index in [0.717, 1.165) is 24.0 Å². The van der Waals surface area contributed by atoms with Gasteiger partial charge in [0.15, 0.2) is 0 Å². The number of hydrogen-bond acceptors (Lipinski definition) is 3. The van der Waals surface area contributed by atoms with Gasteiger partial charge in [-0.05, 0) is 63.9 Å². The Morgan fingerprint density at radius 3 is 1.89 bits per heavy atom. The van der Waals surface area contributed by atoms with Crippen molar-refractivity contribution in [2.45, 2.75) is 39.2 Å². The van der Waals surface area contributed by atoms with Crippen LogP contribution in [-0.4, -0.2) is 24.5 Å². The highest BCUT2D eigenvalue weighted by Gasteiger charge is 2.20. The normalized spacial score (nSPS) is 11.5. The molecule has 2 aromatic carbocycles. The molecule has 144 valence electrons. The molecule has 27 heavy (non-hydrogen) atoms. The minimum absolute atomic E-state index is 0.241. The smallest absolute Gasteiger partial charge is 0.319 e. The van der Waals surface area contributed by atoms with E-state index in [1.807, 2.05) is 62.4 Å². The van der Waals surface area contributed by atoms with Crippen LogP contribution in [0.15, 0.2) is 48.5 Å². The first-order valence-electron chi connectivity index (χ1n) is 9.19. The number of urea groups is 1. The molecule has 6 heteroatoms. The molecule has 0 aliphatic heterocycles. The van der Waals surface area contributed by atoms with Crippen LogP contribution in [0.3, 0.4) is 0 Å². The summed E-state index contributed by atoms with van der Waals surface area (Å²) >= 11 is 0. The zero-order valence-electron chi connectivity index (χ0n) is 15.9. The van der Waals surface area contributed by atoms with Crippen LogP contribution in [0.1, 0.15) is 30.4 Å². The van der Waals surface area contributed by atoms with E-state index in [2.05, 4.69) is 16.0 Å².